The Labute approximate surface area is 100 Å². The van der Waals surface area contributed by atoms with Gasteiger partial charge in [-0.1, -0.05) is 0 Å². The van der Waals surface area contributed by atoms with Crippen LogP contribution in [0.1, 0.15) is 36.2 Å². The summed E-state index contributed by atoms with van der Waals surface area (Å²) in [6.07, 6.45) is 3.60. The van der Waals surface area contributed by atoms with E-state index >= 15 is 0 Å². The first kappa shape index (κ1) is 13.4. The van der Waals surface area contributed by atoms with Crippen LogP contribution in [0.5, 0.6) is 0 Å². The fourth-order valence-electron chi connectivity index (χ4n) is 1.56. The van der Waals surface area contributed by atoms with Gasteiger partial charge in [-0.3, -0.25) is 14.2 Å². The number of hydrogen-bond acceptors (Lipinski definition) is 4. The Bertz CT molecular complexity index is 384. The number of ether oxygens (including phenoxy) is 1. The number of nitrogens with zero attached hydrogens (tertiary/aromatic N) is 1. The molecule has 1 heterocycles. The average molecular weight is 239 g/mol. The van der Waals surface area contributed by atoms with E-state index in [-0.39, 0.29) is 18.5 Å². The first-order valence-corrected chi connectivity index (χ1v) is 5.56. The van der Waals surface area contributed by atoms with Crippen molar-refractivity contribution >= 4 is 11.9 Å². The summed E-state index contributed by atoms with van der Waals surface area (Å²) in [7, 11) is 1.35. The van der Waals surface area contributed by atoms with E-state index in [0.717, 1.165) is 0 Å². The predicted molar refractivity (Wildman–Crippen MR) is 61.5 cm³/mol. The van der Waals surface area contributed by atoms with E-state index in [9.17, 15) is 9.59 Å². The van der Waals surface area contributed by atoms with Crippen LogP contribution in [0.3, 0.4) is 0 Å². The molecule has 0 saturated heterocycles. The molecule has 1 N–H and O–H groups in total. The van der Waals surface area contributed by atoms with E-state index in [2.05, 4.69) is 4.74 Å². The van der Waals surface area contributed by atoms with Gasteiger partial charge in [-0.25, -0.2) is 0 Å². The Morgan fingerprint density at radius 2 is 2.06 bits per heavy atom. The molecule has 5 nitrogen and oxygen atoms in total. The van der Waals surface area contributed by atoms with Gasteiger partial charge in [0.15, 0.2) is 0 Å². The molecule has 0 bridgehead atoms. The molecule has 0 unspecified atom stereocenters. The van der Waals surface area contributed by atoms with Gasteiger partial charge < -0.3 is 9.84 Å². The van der Waals surface area contributed by atoms with Crippen LogP contribution >= 0.6 is 0 Å². The molecule has 1 aromatic heterocycles. The number of carbonyl (C=O) groups excluding carboxylic acids is 2. The molecule has 1 aromatic rings. The van der Waals surface area contributed by atoms with Gasteiger partial charge in [0.2, 0.25) is 5.91 Å². The number of esters is 1. The van der Waals surface area contributed by atoms with Crippen molar-refractivity contribution in [3.63, 3.8) is 0 Å². The van der Waals surface area contributed by atoms with Crippen LogP contribution in [0.25, 0.3) is 0 Å². The molecule has 1 rings (SSSR count). The number of aliphatic hydroxyl groups excluding tert-OH is 1. The fraction of sp³-hybridized carbons (Fsp3) is 0.500. The lowest BCUT2D eigenvalue weighted by molar-refractivity contribution is -0.140. The second-order valence-corrected chi connectivity index (χ2v) is 3.70. The number of hydrogen-bond donors (Lipinski definition) is 1. The second kappa shape index (κ2) is 6.85. The zero-order chi connectivity index (χ0) is 12.7. The van der Waals surface area contributed by atoms with Crippen LogP contribution in [-0.4, -0.2) is 28.7 Å². The summed E-state index contributed by atoms with van der Waals surface area (Å²) >= 11 is 0. The Morgan fingerprint density at radius 1 is 1.35 bits per heavy atom. The van der Waals surface area contributed by atoms with Gasteiger partial charge in [0.1, 0.15) is 0 Å². The van der Waals surface area contributed by atoms with Crippen molar-refractivity contribution in [2.24, 2.45) is 0 Å². The van der Waals surface area contributed by atoms with Crippen molar-refractivity contribution in [3.8, 4) is 0 Å². The first-order valence-electron chi connectivity index (χ1n) is 5.56. The summed E-state index contributed by atoms with van der Waals surface area (Å²) in [6.45, 7) is -0.152. The summed E-state index contributed by atoms with van der Waals surface area (Å²) in [6, 6.07) is 3.42. The Morgan fingerprint density at radius 3 is 2.71 bits per heavy atom. The highest BCUT2D eigenvalue weighted by atomic mass is 16.5. The van der Waals surface area contributed by atoms with Gasteiger partial charge in [0.25, 0.3) is 0 Å². The highest BCUT2D eigenvalue weighted by molar-refractivity contribution is 5.79. The summed E-state index contributed by atoms with van der Waals surface area (Å²) in [5, 5.41) is 9.00. The van der Waals surface area contributed by atoms with E-state index in [4.69, 9.17) is 5.11 Å². The van der Waals surface area contributed by atoms with E-state index < -0.39 is 0 Å². The quantitative estimate of drug-likeness (QED) is 0.601. The van der Waals surface area contributed by atoms with Crippen molar-refractivity contribution in [1.82, 2.24) is 4.57 Å². The molecule has 0 aliphatic carbocycles. The lowest BCUT2D eigenvalue weighted by Gasteiger charge is -2.05. The molecule has 0 radical (unpaired) electrons. The van der Waals surface area contributed by atoms with Gasteiger partial charge in [0.05, 0.1) is 19.4 Å². The van der Waals surface area contributed by atoms with Crippen LogP contribution < -0.4 is 0 Å². The molecule has 5 heteroatoms. The monoisotopic (exact) mass is 239 g/mol. The molecule has 0 atom stereocenters. The SMILES string of the molecule is COC(=O)CCCCC(=O)n1cccc1CO. The van der Waals surface area contributed by atoms with Gasteiger partial charge >= 0.3 is 5.97 Å². The largest absolute Gasteiger partial charge is 0.469 e. The van der Waals surface area contributed by atoms with E-state index in [1.54, 1.807) is 18.3 Å². The second-order valence-electron chi connectivity index (χ2n) is 3.70. The van der Waals surface area contributed by atoms with Crippen molar-refractivity contribution in [2.45, 2.75) is 32.3 Å². The van der Waals surface area contributed by atoms with Gasteiger partial charge in [-0.2, -0.15) is 0 Å². The van der Waals surface area contributed by atoms with E-state index in [0.29, 0.717) is 31.4 Å². The molecule has 0 aliphatic rings. The standard InChI is InChI=1S/C12H17NO4/c1-17-12(16)7-3-2-6-11(15)13-8-4-5-10(13)9-14/h4-5,8,14H,2-3,6-7,9H2,1H3. The Balaban J connectivity index is 2.33. The summed E-state index contributed by atoms with van der Waals surface area (Å²) in [4.78, 5) is 22.6. The molecule has 0 amide bonds. The third-order valence-electron chi connectivity index (χ3n) is 2.51. The van der Waals surface area contributed by atoms with Gasteiger partial charge in [-0.15, -0.1) is 0 Å². The van der Waals surface area contributed by atoms with Crippen LogP contribution in [0, 0.1) is 0 Å². The molecular formula is C12H17NO4. The number of unbranched alkanes of at least 4 members (excludes halogenated alkanes) is 1. The van der Waals surface area contributed by atoms with Gasteiger partial charge in [-0.05, 0) is 25.0 Å². The topological polar surface area (TPSA) is 68.5 Å². The highest BCUT2D eigenvalue weighted by Crippen LogP contribution is 2.07. The molecule has 0 saturated carbocycles. The van der Waals surface area contributed by atoms with E-state index in [1.165, 1.54) is 11.7 Å². The van der Waals surface area contributed by atoms with Crippen LogP contribution in [0.15, 0.2) is 18.3 Å². The number of rotatable bonds is 6. The number of carbonyl (C=O) groups is 2. The summed E-state index contributed by atoms with van der Waals surface area (Å²) in [5.74, 6) is -0.321. The van der Waals surface area contributed by atoms with Crippen LogP contribution in [0.4, 0.5) is 0 Å². The molecule has 17 heavy (non-hydrogen) atoms. The smallest absolute Gasteiger partial charge is 0.305 e. The molecule has 94 valence electrons. The van der Waals surface area contributed by atoms with Crippen LogP contribution in [-0.2, 0) is 16.1 Å². The molecule has 0 fully saturated rings. The van der Waals surface area contributed by atoms with E-state index in [1.807, 2.05) is 0 Å². The summed E-state index contributed by atoms with van der Waals surface area (Å²) < 4.78 is 5.95. The molecule has 0 spiro atoms. The van der Waals surface area contributed by atoms with Gasteiger partial charge in [0, 0.05) is 19.0 Å². The predicted octanol–water partition coefficient (Wildman–Crippen LogP) is 1.35. The zero-order valence-corrected chi connectivity index (χ0v) is 9.89. The Hall–Kier alpha value is -1.62. The maximum Gasteiger partial charge on any atom is 0.305 e. The first-order chi connectivity index (χ1) is 8.19. The maximum absolute atomic E-state index is 11.7. The lowest BCUT2D eigenvalue weighted by Crippen LogP contribution is -2.12. The molecule has 0 aliphatic heterocycles. The number of aliphatic hydroxyl groups is 1. The molecular weight excluding hydrogens is 222 g/mol. The lowest BCUT2D eigenvalue weighted by atomic mass is 10.2. The maximum atomic E-state index is 11.7. The van der Waals surface area contributed by atoms with Crippen molar-refractivity contribution in [2.75, 3.05) is 7.11 Å². The minimum atomic E-state index is -0.255. The summed E-state index contributed by atoms with van der Waals surface area (Å²) in [5.41, 5.74) is 0.586. The van der Waals surface area contributed by atoms with Crippen molar-refractivity contribution in [3.05, 3.63) is 24.0 Å². The van der Waals surface area contributed by atoms with Crippen molar-refractivity contribution in [1.29, 1.82) is 0 Å². The fourth-order valence-corrected chi connectivity index (χ4v) is 1.56. The normalized spacial score (nSPS) is 10.2. The number of methoxy groups -OCH3 is 1. The minimum absolute atomic E-state index is 0.0658. The average Bonchev–Trinajstić information content (AvgIpc) is 2.82. The minimum Gasteiger partial charge on any atom is -0.469 e. The van der Waals surface area contributed by atoms with Crippen LogP contribution in [0.2, 0.25) is 0 Å². The highest BCUT2D eigenvalue weighted by Gasteiger charge is 2.08. The Kier molecular flexibility index (Phi) is 5.42. The third-order valence-corrected chi connectivity index (χ3v) is 2.51. The zero-order valence-electron chi connectivity index (χ0n) is 9.89. The molecule has 0 aromatic carbocycles. The van der Waals surface area contributed by atoms with Crippen molar-refractivity contribution < 1.29 is 19.4 Å². The third kappa shape index (κ3) is 4.03. The number of aromatic nitrogens is 1.